The second-order valence-corrected chi connectivity index (χ2v) is 4.35. The van der Waals surface area contributed by atoms with Gasteiger partial charge in [0.15, 0.2) is 0 Å². The molecule has 2 aromatic rings. The van der Waals surface area contributed by atoms with Crippen molar-refractivity contribution in [3.8, 4) is 11.1 Å². The van der Waals surface area contributed by atoms with Gasteiger partial charge >= 0.3 is 5.97 Å². The van der Waals surface area contributed by atoms with E-state index in [1.807, 2.05) is 32.0 Å². The number of carboxylic acids is 1. The average molecular weight is 244 g/mol. The highest BCUT2D eigenvalue weighted by Gasteiger charge is 2.14. The van der Waals surface area contributed by atoms with Crippen LogP contribution < -0.4 is 0 Å². The summed E-state index contributed by atoms with van der Waals surface area (Å²) < 4.78 is 14.1. The second-order valence-electron chi connectivity index (χ2n) is 4.35. The van der Waals surface area contributed by atoms with Crippen LogP contribution in [0.4, 0.5) is 4.39 Å². The molecule has 2 aromatic carbocycles. The van der Waals surface area contributed by atoms with Crippen molar-refractivity contribution in [3.63, 3.8) is 0 Å². The minimum Gasteiger partial charge on any atom is -0.478 e. The fourth-order valence-electron chi connectivity index (χ4n) is 2.05. The maximum atomic E-state index is 14.1. The van der Waals surface area contributed by atoms with Crippen molar-refractivity contribution in [2.45, 2.75) is 13.8 Å². The minimum absolute atomic E-state index is 0.299. The maximum Gasteiger partial charge on any atom is 0.338 e. The number of hydrogen-bond donors (Lipinski definition) is 1. The molecule has 0 bridgehead atoms. The first kappa shape index (κ1) is 12.3. The van der Waals surface area contributed by atoms with E-state index in [2.05, 4.69) is 0 Å². The lowest BCUT2D eigenvalue weighted by atomic mass is 9.98. The van der Waals surface area contributed by atoms with Crippen LogP contribution in [-0.2, 0) is 0 Å². The molecule has 0 saturated heterocycles. The highest BCUT2D eigenvalue weighted by atomic mass is 19.1. The molecule has 3 heteroatoms. The number of carboxylic acid groups (broad SMARTS) is 1. The van der Waals surface area contributed by atoms with Gasteiger partial charge < -0.3 is 5.11 Å². The number of carbonyl (C=O) groups is 1. The summed E-state index contributed by atoms with van der Waals surface area (Å²) >= 11 is 0. The predicted octanol–water partition coefficient (Wildman–Crippen LogP) is 3.81. The SMILES string of the molecule is Cc1cc(C)cc(-c2cccc(C(=O)O)c2F)c1. The van der Waals surface area contributed by atoms with Gasteiger partial charge in [-0.2, -0.15) is 0 Å². The quantitative estimate of drug-likeness (QED) is 0.872. The first-order chi connectivity index (χ1) is 8.49. The van der Waals surface area contributed by atoms with Crippen molar-refractivity contribution in [1.82, 2.24) is 0 Å². The molecule has 2 nitrogen and oxygen atoms in total. The first-order valence-electron chi connectivity index (χ1n) is 5.59. The highest BCUT2D eigenvalue weighted by molar-refractivity contribution is 5.90. The third-order valence-electron chi connectivity index (χ3n) is 2.76. The van der Waals surface area contributed by atoms with Crippen molar-refractivity contribution >= 4 is 5.97 Å². The molecule has 0 radical (unpaired) electrons. The van der Waals surface area contributed by atoms with Crippen LogP contribution in [0.5, 0.6) is 0 Å². The highest BCUT2D eigenvalue weighted by Crippen LogP contribution is 2.26. The number of aryl methyl sites for hydroxylation is 2. The van der Waals surface area contributed by atoms with E-state index in [4.69, 9.17) is 5.11 Å². The lowest BCUT2D eigenvalue weighted by Gasteiger charge is -2.08. The van der Waals surface area contributed by atoms with Crippen LogP contribution in [0.3, 0.4) is 0 Å². The fourth-order valence-corrected chi connectivity index (χ4v) is 2.05. The van der Waals surface area contributed by atoms with Crippen LogP contribution in [0.1, 0.15) is 21.5 Å². The van der Waals surface area contributed by atoms with Crippen LogP contribution in [0.2, 0.25) is 0 Å². The van der Waals surface area contributed by atoms with Crippen LogP contribution >= 0.6 is 0 Å². The van der Waals surface area contributed by atoms with Gasteiger partial charge in [0.1, 0.15) is 5.82 Å². The Bertz CT molecular complexity index is 598. The largest absolute Gasteiger partial charge is 0.478 e. The van der Waals surface area contributed by atoms with Crippen molar-refractivity contribution < 1.29 is 14.3 Å². The summed E-state index contributed by atoms with van der Waals surface area (Å²) in [7, 11) is 0. The molecular weight excluding hydrogens is 231 g/mol. The van der Waals surface area contributed by atoms with Crippen molar-refractivity contribution in [2.24, 2.45) is 0 Å². The van der Waals surface area contributed by atoms with Crippen LogP contribution in [0.15, 0.2) is 36.4 Å². The molecular formula is C15H13FO2. The molecule has 92 valence electrons. The molecule has 0 atom stereocenters. The molecule has 0 aliphatic heterocycles. The van der Waals surface area contributed by atoms with E-state index in [1.54, 1.807) is 12.1 Å². The zero-order valence-corrected chi connectivity index (χ0v) is 10.2. The number of benzene rings is 2. The Balaban J connectivity index is 2.64. The molecule has 0 aliphatic carbocycles. The molecule has 1 N–H and O–H groups in total. The summed E-state index contributed by atoms with van der Waals surface area (Å²) in [6.45, 7) is 3.85. The van der Waals surface area contributed by atoms with Crippen molar-refractivity contribution in [3.05, 3.63) is 58.9 Å². The molecule has 0 spiro atoms. The third-order valence-corrected chi connectivity index (χ3v) is 2.76. The second kappa shape index (κ2) is 4.61. The van der Waals surface area contributed by atoms with Gasteiger partial charge in [0.2, 0.25) is 0 Å². The molecule has 0 amide bonds. The Morgan fingerprint density at radius 2 is 1.72 bits per heavy atom. The Morgan fingerprint density at radius 1 is 1.11 bits per heavy atom. The molecule has 0 heterocycles. The lowest BCUT2D eigenvalue weighted by Crippen LogP contribution is -2.01. The Hall–Kier alpha value is -2.16. The molecule has 2 rings (SSSR count). The summed E-state index contributed by atoms with van der Waals surface area (Å²) in [5, 5.41) is 8.91. The van der Waals surface area contributed by atoms with Gasteiger partial charge in [-0.25, -0.2) is 9.18 Å². The number of hydrogen-bond acceptors (Lipinski definition) is 1. The van der Waals surface area contributed by atoms with Crippen molar-refractivity contribution in [2.75, 3.05) is 0 Å². The smallest absolute Gasteiger partial charge is 0.338 e. The van der Waals surface area contributed by atoms with E-state index in [9.17, 15) is 9.18 Å². The predicted molar refractivity (Wildman–Crippen MR) is 68.3 cm³/mol. The summed E-state index contributed by atoms with van der Waals surface area (Å²) in [4.78, 5) is 10.9. The minimum atomic E-state index is -1.25. The van der Waals surface area contributed by atoms with E-state index < -0.39 is 11.8 Å². The topological polar surface area (TPSA) is 37.3 Å². The van der Waals surface area contributed by atoms with Gasteiger partial charge in [0.05, 0.1) is 5.56 Å². The summed E-state index contributed by atoms with van der Waals surface area (Å²) in [5.41, 5.74) is 2.76. The van der Waals surface area contributed by atoms with E-state index in [0.717, 1.165) is 11.1 Å². The lowest BCUT2D eigenvalue weighted by molar-refractivity contribution is 0.0692. The van der Waals surface area contributed by atoms with Gasteiger partial charge in [0, 0.05) is 5.56 Å². The first-order valence-corrected chi connectivity index (χ1v) is 5.59. The van der Waals surface area contributed by atoms with E-state index in [-0.39, 0.29) is 5.56 Å². The van der Waals surface area contributed by atoms with E-state index >= 15 is 0 Å². The number of rotatable bonds is 2. The molecule has 0 aromatic heterocycles. The molecule has 0 aliphatic rings. The maximum absolute atomic E-state index is 14.1. The summed E-state index contributed by atoms with van der Waals surface area (Å²) in [6, 6.07) is 10.1. The standard InChI is InChI=1S/C15H13FO2/c1-9-6-10(2)8-11(7-9)12-4-3-5-13(14(12)16)15(17)18/h3-8H,1-2H3,(H,17,18). The fraction of sp³-hybridized carbons (Fsp3) is 0.133. The van der Waals surface area contributed by atoms with Gasteiger partial charge in [0.25, 0.3) is 0 Å². The monoisotopic (exact) mass is 244 g/mol. The van der Waals surface area contributed by atoms with Crippen LogP contribution in [0, 0.1) is 19.7 Å². The van der Waals surface area contributed by atoms with Crippen LogP contribution in [-0.4, -0.2) is 11.1 Å². The van der Waals surface area contributed by atoms with Crippen molar-refractivity contribution in [1.29, 1.82) is 0 Å². The molecule has 0 saturated carbocycles. The average Bonchev–Trinajstić information content (AvgIpc) is 2.27. The van der Waals surface area contributed by atoms with Gasteiger partial charge in [-0.05, 0) is 25.5 Å². The zero-order valence-electron chi connectivity index (χ0n) is 10.2. The van der Waals surface area contributed by atoms with Gasteiger partial charge in [-0.15, -0.1) is 0 Å². The van der Waals surface area contributed by atoms with Gasteiger partial charge in [-0.3, -0.25) is 0 Å². The zero-order chi connectivity index (χ0) is 13.3. The van der Waals surface area contributed by atoms with E-state index in [0.29, 0.717) is 11.1 Å². The third kappa shape index (κ3) is 2.25. The molecule has 0 fully saturated rings. The van der Waals surface area contributed by atoms with Crippen LogP contribution in [0.25, 0.3) is 11.1 Å². The van der Waals surface area contributed by atoms with E-state index in [1.165, 1.54) is 6.07 Å². The summed E-state index contributed by atoms with van der Waals surface area (Å²) in [5.74, 6) is -1.94. The Labute approximate surface area is 105 Å². The van der Waals surface area contributed by atoms with Gasteiger partial charge in [-0.1, -0.05) is 41.5 Å². The Kier molecular flexibility index (Phi) is 3.15. The normalized spacial score (nSPS) is 10.4. The molecule has 0 unspecified atom stereocenters. The summed E-state index contributed by atoms with van der Waals surface area (Å²) in [6.07, 6.45) is 0. The Morgan fingerprint density at radius 3 is 2.28 bits per heavy atom. The molecule has 18 heavy (non-hydrogen) atoms. The number of halogens is 1. The number of aromatic carboxylic acids is 1.